The van der Waals surface area contributed by atoms with Crippen molar-refractivity contribution in [3.05, 3.63) is 53.6 Å². The van der Waals surface area contributed by atoms with Crippen LogP contribution in [0.15, 0.2) is 58.0 Å². The SMILES string of the molecule is CC1(C)CCC(COc2cccc(C3=NC(C4CC(CO)C4)=C4C=NC=C[N+]34N)c2)O1. The van der Waals surface area contributed by atoms with Crippen LogP contribution in [0.25, 0.3) is 0 Å². The largest absolute Gasteiger partial charge is 0.491 e. The Morgan fingerprint density at radius 1 is 1.32 bits per heavy atom. The van der Waals surface area contributed by atoms with Crippen LogP contribution in [0.1, 0.15) is 45.1 Å². The molecule has 3 heterocycles. The van der Waals surface area contributed by atoms with Gasteiger partial charge >= 0.3 is 0 Å². The molecule has 4 aliphatic rings. The zero-order valence-corrected chi connectivity index (χ0v) is 18.2. The third-order valence-electron chi connectivity index (χ3n) is 6.79. The Hall–Kier alpha value is -2.32. The van der Waals surface area contributed by atoms with Gasteiger partial charge in [-0.3, -0.25) is 4.99 Å². The van der Waals surface area contributed by atoms with Gasteiger partial charge in [-0.25, -0.2) is 0 Å². The van der Waals surface area contributed by atoms with Crippen LogP contribution in [0.4, 0.5) is 0 Å². The number of hydrogen-bond acceptors (Lipinski definition) is 6. The molecule has 5 rings (SSSR count). The fourth-order valence-electron chi connectivity index (χ4n) is 4.92. The number of aliphatic hydroxyl groups is 1. The van der Waals surface area contributed by atoms with E-state index in [2.05, 4.69) is 18.8 Å². The van der Waals surface area contributed by atoms with E-state index in [-0.39, 0.29) is 22.9 Å². The molecule has 2 unspecified atom stereocenters. The number of nitrogens with two attached hydrogens (primary N) is 1. The lowest BCUT2D eigenvalue weighted by Crippen LogP contribution is -2.53. The number of aliphatic imine (C=N–C) groups is 2. The van der Waals surface area contributed by atoms with Crippen molar-refractivity contribution in [3.8, 4) is 5.75 Å². The predicted molar refractivity (Wildman–Crippen MR) is 119 cm³/mol. The first-order valence-corrected chi connectivity index (χ1v) is 11.1. The molecule has 1 saturated heterocycles. The van der Waals surface area contributed by atoms with Crippen LogP contribution in [0.2, 0.25) is 0 Å². The van der Waals surface area contributed by atoms with E-state index in [0.29, 0.717) is 18.4 Å². The van der Waals surface area contributed by atoms with Crippen LogP contribution < -0.4 is 10.6 Å². The van der Waals surface area contributed by atoms with Gasteiger partial charge in [0.2, 0.25) is 5.70 Å². The monoisotopic (exact) mass is 423 g/mol. The molecule has 0 spiro atoms. The highest BCUT2D eigenvalue weighted by Gasteiger charge is 2.48. The van der Waals surface area contributed by atoms with Gasteiger partial charge in [-0.2, -0.15) is 10.8 Å². The summed E-state index contributed by atoms with van der Waals surface area (Å²) in [6, 6.07) is 7.96. The highest BCUT2D eigenvalue weighted by molar-refractivity contribution is 6.00. The molecular formula is C24H31N4O3+. The molecule has 1 aliphatic carbocycles. The molecular weight excluding hydrogens is 392 g/mol. The highest BCUT2D eigenvalue weighted by atomic mass is 16.6. The van der Waals surface area contributed by atoms with E-state index >= 15 is 0 Å². The summed E-state index contributed by atoms with van der Waals surface area (Å²) in [7, 11) is 0. The van der Waals surface area contributed by atoms with E-state index in [9.17, 15) is 5.11 Å². The van der Waals surface area contributed by atoms with Crippen LogP contribution in [0.3, 0.4) is 0 Å². The van der Waals surface area contributed by atoms with Crippen molar-refractivity contribution >= 4 is 12.1 Å². The van der Waals surface area contributed by atoms with Crippen LogP contribution >= 0.6 is 0 Å². The third kappa shape index (κ3) is 3.76. The maximum Gasteiger partial charge on any atom is 0.265 e. The number of allylic oxidation sites excluding steroid dienone is 2. The standard InChI is InChI=1S/C24H31N4O3/c1-24(2)7-6-20(31-24)15-30-19-5-3-4-17(12-19)23-27-22(18-10-16(11-18)14-29)21-13-26-8-9-28(21,23)25/h3-5,8-9,12-13,16,18,20,29H,6-7,10-11,14-15,25H2,1-2H3/q+1. The predicted octanol–water partition coefficient (Wildman–Crippen LogP) is 3.26. The molecule has 0 aromatic heterocycles. The van der Waals surface area contributed by atoms with Gasteiger partial charge in [0.1, 0.15) is 24.3 Å². The fourth-order valence-corrected chi connectivity index (χ4v) is 4.92. The lowest BCUT2D eigenvalue weighted by atomic mass is 9.73. The molecule has 7 nitrogen and oxygen atoms in total. The number of quaternary nitrogens is 1. The van der Waals surface area contributed by atoms with Gasteiger partial charge in [0, 0.05) is 12.5 Å². The smallest absolute Gasteiger partial charge is 0.265 e. The second kappa shape index (κ2) is 7.67. The van der Waals surface area contributed by atoms with E-state index < -0.39 is 0 Å². The molecule has 3 N–H and O–H groups in total. The average molecular weight is 424 g/mol. The molecule has 164 valence electrons. The van der Waals surface area contributed by atoms with Gasteiger partial charge in [-0.15, -0.1) is 4.59 Å². The van der Waals surface area contributed by atoms with Gasteiger partial charge in [0.25, 0.3) is 5.84 Å². The molecule has 2 fully saturated rings. The maximum absolute atomic E-state index is 9.41. The number of hydrogen-bond donors (Lipinski definition) is 2. The van der Waals surface area contributed by atoms with Crippen molar-refractivity contribution in [1.29, 1.82) is 0 Å². The first-order valence-electron chi connectivity index (χ1n) is 11.1. The van der Waals surface area contributed by atoms with Crippen molar-refractivity contribution in [1.82, 2.24) is 0 Å². The summed E-state index contributed by atoms with van der Waals surface area (Å²) >= 11 is 0. The summed E-state index contributed by atoms with van der Waals surface area (Å²) in [6.07, 6.45) is 9.46. The lowest BCUT2D eigenvalue weighted by Gasteiger charge is -2.33. The summed E-state index contributed by atoms with van der Waals surface area (Å²) in [4.78, 5) is 9.31. The van der Waals surface area contributed by atoms with Crippen molar-refractivity contribution in [2.24, 2.45) is 27.7 Å². The lowest BCUT2D eigenvalue weighted by molar-refractivity contribution is -0.750. The Labute approximate surface area is 183 Å². The number of benzene rings is 1. The summed E-state index contributed by atoms with van der Waals surface area (Å²) in [6.45, 7) is 5.01. The van der Waals surface area contributed by atoms with Crippen LogP contribution in [0.5, 0.6) is 5.75 Å². The third-order valence-corrected chi connectivity index (χ3v) is 6.79. The average Bonchev–Trinajstić information content (AvgIpc) is 3.22. The highest BCUT2D eigenvalue weighted by Crippen LogP contribution is 2.44. The number of nitrogens with zero attached hydrogens (tertiary/aromatic N) is 3. The number of aliphatic hydroxyl groups excluding tert-OH is 1. The molecule has 0 amide bonds. The van der Waals surface area contributed by atoms with Gasteiger partial charge in [-0.05, 0) is 63.6 Å². The summed E-state index contributed by atoms with van der Waals surface area (Å²) in [5, 5.41) is 9.41. The molecule has 1 aromatic carbocycles. The molecule has 1 saturated carbocycles. The molecule has 3 aliphatic heterocycles. The second-order valence-corrected chi connectivity index (χ2v) is 9.65. The zero-order valence-electron chi connectivity index (χ0n) is 18.2. The molecule has 1 aromatic rings. The first-order chi connectivity index (χ1) is 14.9. The minimum absolute atomic E-state index is 0.0164. The number of rotatable bonds is 6. The minimum Gasteiger partial charge on any atom is -0.491 e. The summed E-state index contributed by atoms with van der Waals surface area (Å²) in [5.41, 5.74) is 2.76. The van der Waals surface area contributed by atoms with Crippen molar-refractivity contribution in [3.63, 3.8) is 0 Å². The van der Waals surface area contributed by atoms with E-state index in [0.717, 1.165) is 54.2 Å². The summed E-state index contributed by atoms with van der Waals surface area (Å²) in [5.74, 6) is 9.05. The Balaban J connectivity index is 1.37. The molecule has 0 bridgehead atoms. The summed E-state index contributed by atoms with van der Waals surface area (Å²) < 4.78 is 12.1. The van der Waals surface area contributed by atoms with E-state index in [4.69, 9.17) is 20.3 Å². The van der Waals surface area contributed by atoms with Gasteiger partial charge in [-0.1, -0.05) is 6.07 Å². The van der Waals surface area contributed by atoms with Gasteiger partial charge < -0.3 is 14.6 Å². The number of amidine groups is 1. The molecule has 0 radical (unpaired) electrons. The van der Waals surface area contributed by atoms with E-state index in [1.165, 1.54) is 0 Å². The molecule has 7 heteroatoms. The Kier molecular flexibility index (Phi) is 5.09. The zero-order chi connectivity index (χ0) is 21.6. The van der Waals surface area contributed by atoms with Crippen LogP contribution in [0, 0.1) is 11.8 Å². The Morgan fingerprint density at radius 2 is 2.16 bits per heavy atom. The second-order valence-electron chi connectivity index (χ2n) is 9.65. The topological polar surface area (TPSA) is 89.4 Å². The molecule has 31 heavy (non-hydrogen) atoms. The van der Waals surface area contributed by atoms with Crippen molar-refractivity contribution in [2.45, 2.75) is 51.2 Å². The fraction of sp³-hybridized carbons (Fsp3) is 0.500. The maximum atomic E-state index is 9.41. The van der Waals surface area contributed by atoms with Gasteiger partial charge in [0.15, 0.2) is 0 Å². The van der Waals surface area contributed by atoms with E-state index in [1.54, 1.807) is 6.20 Å². The number of fused-ring (bicyclic) bond motifs is 1. The Morgan fingerprint density at radius 3 is 2.90 bits per heavy atom. The van der Waals surface area contributed by atoms with Crippen LogP contribution in [-0.4, -0.2) is 46.7 Å². The Bertz CT molecular complexity index is 990. The van der Waals surface area contributed by atoms with Crippen LogP contribution in [-0.2, 0) is 4.74 Å². The normalized spacial score (nSPS) is 33.3. The quantitative estimate of drug-likeness (QED) is 0.543. The number of ether oxygens (including phenoxy) is 2. The first kappa shape index (κ1) is 20.6. The minimum atomic E-state index is -0.0677. The van der Waals surface area contributed by atoms with Crippen molar-refractivity contribution < 1.29 is 19.2 Å². The van der Waals surface area contributed by atoms with Gasteiger partial charge in [0.05, 0.1) is 29.7 Å². The molecule has 2 atom stereocenters. The van der Waals surface area contributed by atoms with E-state index in [1.807, 2.05) is 36.7 Å². The van der Waals surface area contributed by atoms with Crippen molar-refractivity contribution in [2.75, 3.05) is 13.2 Å².